The maximum Gasteiger partial charge on any atom is 0.257 e. The SMILES string of the molecule is O=C(NC(=S)Nc1ccc(I)cn1)c1ccc(-c2ccccc2)cc1. The highest BCUT2D eigenvalue weighted by Gasteiger charge is 2.08. The van der Waals surface area contributed by atoms with Gasteiger partial charge in [-0.05, 0) is 70.2 Å². The van der Waals surface area contributed by atoms with Crippen molar-refractivity contribution in [1.82, 2.24) is 10.3 Å². The Morgan fingerprint density at radius 1 is 0.920 bits per heavy atom. The molecule has 2 N–H and O–H groups in total. The number of carbonyl (C=O) groups excluding carboxylic acids is 1. The minimum Gasteiger partial charge on any atom is -0.317 e. The first-order valence-corrected chi connectivity index (χ1v) is 9.00. The number of anilines is 1. The van der Waals surface area contributed by atoms with Gasteiger partial charge >= 0.3 is 0 Å². The summed E-state index contributed by atoms with van der Waals surface area (Å²) in [7, 11) is 0. The molecule has 0 aliphatic carbocycles. The molecule has 0 atom stereocenters. The number of hydrogen-bond donors (Lipinski definition) is 2. The molecule has 0 saturated heterocycles. The number of aromatic nitrogens is 1. The van der Waals surface area contributed by atoms with Gasteiger partial charge in [0.1, 0.15) is 5.82 Å². The van der Waals surface area contributed by atoms with Crippen LogP contribution in [0.25, 0.3) is 11.1 Å². The van der Waals surface area contributed by atoms with E-state index in [1.54, 1.807) is 24.4 Å². The summed E-state index contributed by atoms with van der Waals surface area (Å²) in [5.41, 5.74) is 2.71. The van der Waals surface area contributed by atoms with Crippen LogP contribution in [0.2, 0.25) is 0 Å². The molecule has 3 rings (SSSR count). The number of thiocarbonyl (C=S) groups is 1. The topological polar surface area (TPSA) is 54.0 Å². The molecule has 124 valence electrons. The maximum atomic E-state index is 12.3. The molecule has 0 aliphatic heterocycles. The summed E-state index contributed by atoms with van der Waals surface area (Å²) in [5, 5.41) is 5.76. The zero-order valence-electron chi connectivity index (χ0n) is 13.1. The Kier molecular flexibility index (Phi) is 5.72. The summed E-state index contributed by atoms with van der Waals surface area (Å²) in [6.45, 7) is 0. The van der Waals surface area contributed by atoms with Crippen LogP contribution in [0.1, 0.15) is 10.4 Å². The van der Waals surface area contributed by atoms with E-state index in [-0.39, 0.29) is 11.0 Å². The number of rotatable bonds is 3. The Hall–Kier alpha value is -2.32. The van der Waals surface area contributed by atoms with Gasteiger partial charge in [-0.25, -0.2) is 4.98 Å². The molecule has 1 heterocycles. The molecule has 25 heavy (non-hydrogen) atoms. The molecule has 0 saturated carbocycles. The molecule has 0 radical (unpaired) electrons. The molecule has 0 aliphatic rings. The lowest BCUT2D eigenvalue weighted by Crippen LogP contribution is -2.34. The number of halogens is 1. The standard InChI is InChI=1S/C19H14IN3OS/c20-16-10-11-17(21-12-16)22-19(25)23-18(24)15-8-6-14(7-9-15)13-4-2-1-3-5-13/h1-12H,(H2,21,22,23,24,25). The van der Waals surface area contributed by atoms with Crippen molar-refractivity contribution in [1.29, 1.82) is 0 Å². The van der Waals surface area contributed by atoms with Gasteiger partial charge in [0.15, 0.2) is 5.11 Å². The average Bonchev–Trinajstić information content (AvgIpc) is 2.64. The highest BCUT2D eigenvalue weighted by Crippen LogP contribution is 2.19. The first-order valence-electron chi connectivity index (χ1n) is 7.51. The summed E-state index contributed by atoms with van der Waals surface area (Å²) < 4.78 is 1.02. The number of nitrogens with zero attached hydrogens (tertiary/aromatic N) is 1. The average molecular weight is 459 g/mol. The lowest BCUT2D eigenvalue weighted by Gasteiger charge is -2.09. The monoisotopic (exact) mass is 459 g/mol. The number of carbonyl (C=O) groups is 1. The van der Waals surface area contributed by atoms with Crippen LogP contribution < -0.4 is 10.6 Å². The molecule has 0 fully saturated rings. The van der Waals surface area contributed by atoms with Crippen LogP contribution in [-0.4, -0.2) is 16.0 Å². The van der Waals surface area contributed by atoms with Crippen molar-refractivity contribution in [2.75, 3.05) is 5.32 Å². The fourth-order valence-corrected chi connectivity index (χ4v) is 2.73. The van der Waals surface area contributed by atoms with Crippen LogP contribution >= 0.6 is 34.8 Å². The normalized spacial score (nSPS) is 10.1. The second kappa shape index (κ2) is 8.17. The zero-order chi connectivity index (χ0) is 17.6. The largest absolute Gasteiger partial charge is 0.317 e. The van der Waals surface area contributed by atoms with Gasteiger partial charge in [0, 0.05) is 15.3 Å². The summed E-state index contributed by atoms with van der Waals surface area (Å²) in [6, 6.07) is 21.1. The fourth-order valence-electron chi connectivity index (χ4n) is 2.22. The van der Waals surface area contributed by atoms with Crippen LogP contribution in [0.3, 0.4) is 0 Å². The maximum absolute atomic E-state index is 12.3. The van der Waals surface area contributed by atoms with Crippen LogP contribution in [0.15, 0.2) is 72.9 Å². The first kappa shape index (κ1) is 17.5. The van der Waals surface area contributed by atoms with Crippen LogP contribution in [-0.2, 0) is 0 Å². The van der Waals surface area contributed by atoms with E-state index >= 15 is 0 Å². The van der Waals surface area contributed by atoms with Crippen molar-refractivity contribution in [2.45, 2.75) is 0 Å². The molecule has 3 aromatic rings. The van der Waals surface area contributed by atoms with E-state index in [0.717, 1.165) is 14.7 Å². The van der Waals surface area contributed by atoms with Gasteiger partial charge in [0.2, 0.25) is 0 Å². The van der Waals surface area contributed by atoms with Crippen molar-refractivity contribution < 1.29 is 4.79 Å². The van der Waals surface area contributed by atoms with E-state index in [9.17, 15) is 4.79 Å². The lowest BCUT2D eigenvalue weighted by atomic mass is 10.0. The predicted molar refractivity (Wildman–Crippen MR) is 113 cm³/mol. The molecule has 1 amide bonds. The number of amides is 1. The molecule has 0 unspecified atom stereocenters. The van der Waals surface area contributed by atoms with Gasteiger partial charge in [-0.15, -0.1) is 0 Å². The van der Waals surface area contributed by atoms with Crippen molar-refractivity contribution in [3.05, 3.63) is 82.1 Å². The highest BCUT2D eigenvalue weighted by molar-refractivity contribution is 14.1. The predicted octanol–water partition coefficient (Wildman–Crippen LogP) is 4.48. The van der Waals surface area contributed by atoms with Crippen molar-refractivity contribution in [2.24, 2.45) is 0 Å². The van der Waals surface area contributed by atoms with Crippen LogP contribution in [0, 0.1) is 3.57 Å². The molecule has 6 heteroatoms. The number of hydrogen-bond acceptors (Lipinski definition) is 3. The second-order valence-electron chi connectivity index (χ2n) is 5.21. The van der Waals surface area contributed by atoms with E-state index in [2.05, 4.69) is 38.2 Å². The molecule has 1 aromatic heterocycles. The minimum atomic E-state index is -0.261. The molecule has 4 nitrogen and oxygen atoms in total. The van der Waals surface area contributed by atoms with E-state index in [1.165, 1.54) is 0 Å². The van der Waals surface area contributed by atoms with Gasteiger partial charge in [0.05, 0.1) is 0 Å². The van der Waals surface area contributed by atoms with Crippen molar-refractivity contribution in [3.8, 4) is 11.1 Å². The van der Waals surface area contributed by atoms with E-state index < -0.39 is 0 Å². The first-order chi connectivity index (χ1) is 12.1. The minimum absolute atomic E-state index is 0.214. The number of benzene rings is 2. The molecular formula is C19H14IN3OS. The van der Waals surface area contributed by atoms with Gasteiger partial charge in [-0.1, -0.05) is 42.5 Å². The van der Waals surface area contributed by atoms with Crippen LogP contribution in [0.4, 0.5) is 5.82 Å². The smallest absolute Gasteiger partial charge is 0.257 e. The Morgan fingerprint density at radius 2 is 1.60 bits per heavy atom. The second-order valence-corrected chi connectivity index (χ2v) is 6.87. The molecular weight excluding hydrogens is 445 g/mol. The van der Waals surface area contributed by atoms with E-state index in [0.29, 0.717) is 11.4 Å². The third-order valence-corrected chi connectivity index (χ3v) is 4.29. The van der Waals surface area contributed by atoms with Crippen molar-refractivity contribution >= 4 is 51.6 Å². The molecule has 2 aromatic carbocycles. The van der Waals surface area contributed by atoms with Crippen LogP contribution in [0.5, 0.6) is 0 Å². The molecule has 0 bridgehead atoms. The number of pyridine rings is 1. The van der Waals surface area contributed by atoms with Gasteiger partial charge in [-0.2, -0.15) is 0 Å². The summed E-state index contributed by atoms with van der Waals surface area (Å²) in [6.07, 6.45) is 1.72. The highest BCUT2D eigenvalue weighted by atomic mass is 127. The summed E-state index contributed by atoms with van der Waals surface area (Å²) >= 11 is 7.33. The quantitative estimate of drug-likeness (QED) is 0.448. The summed E-state index contributed by atoms with van der Waals surface area (Å²) in [5.74, 6) is 0.327. The Balaban J connectivity index is 1.63. The van der Waals surface area contributed by atoms with E-state index in [4.69, 9.17) is 12.2 Å². The third kappa shape index (κ3) is 4.83. The fraction of sp³-hybridized carbons (Fsp3) is 0. The lowest BCUT2D eigenvalue weighted by molar-refractivity contribution is 0.0978. The molecule has 0 spiro atoms. The third-order valence-electron chi connectivity index (χ3n) is 3.45. The Bertz CT molecular complexity index is 881. The van der Waals surface area contributed by atoms with Gasteiger partial charge < -0.3 is 5.32 Å². The summed E-state index contributed by atoms with van der Waals surface area (Å²) in [4.78, 5) is 16.5. The van der Waals surface area contributed by atoms with E-state index in [1.807, 2.05) is 48.5 Å². The number of nitrogens with one attached hydrogen (secondary N) is 2. The van der Waals surface area contributed by atoms with Gasteiger partial charge in [-0.3, -0.25) is 10.1 Å². The van der Waals surface area contributed by atoms with Crippen molar-refractivity contribution in [3.63, 3.8) is 0 Å². The Morgan fingerprint density at radius 3 is 2.24 bits per heavy atom. The Labute approximate surface area is 164 Å². The zero-order valence-corrected chi connectivity index (χ0v) is 16.0. The van der Waals surface area contributed by atoms with Gasteiger partial charge in [0.25, 0.3) is 5.91 Å².